The van der Waals surface area contributed by atoms with Crippen molar-refractivity contribution in [3.63, 3.8) is 0 Å². The SMILES string of the molecule is COc1cc(OC)c(C(=O)C(Br)C(OC)c2ccc(OC)c(OC)c2)c(OC(C)=O)c1. The van der Waals surface area contributed by atoms with Crippen molar-refractivity contribution in [2.75, 3.05) is 35.5 Å². The number of hydrogen-bond acceptors (Lipinski definition) is 8. The molecule has 0 heterocycles. The number of ether oxygens (including phenoxy) is 6. The van der Waals surface area contributed by atoms with Gasteiger partial charge in [-0.15, -0.1) is 0 Å². The molecule has 2 unspecified atom stereocenters. The molecule has 8 nitrogen and oxygen atoms in total. The zero-order valence-corrected chi connectivity index (χ0v) is 19.8. The van der Waals surface area contributed by atoms with Crippen molar-refractivity contribution in [1.29, 1.82) is 0 Å². The first-order chi connectivity index (χ1) is 14.8. The highest BCUT2D eigenvalue weighted by molar-refractivity contribution is 9.10. The second-order valence-electron chi connectivity index (χ2n) is 6.33. The largest absolute Gasteiger partial charge is 0.496 e. The molecule has 0 aliphatic rings. The molecule has 0 N–H and O–H groups in total. The Morgan fingerprint density at radius 2 is 1.42 bits per heavy atom. The first kappa shape index (κ1) is 24.5. The standard InChI is InChI=1S/C22H25BrO8/c1-12(24)31-18-11-14(26-2)10-17(29-5)19(18)21(25)20(23)22(30-6)13-7-8-15(27-3)16(9-13)28-4/h7-11,20,22H,1-6H3. The van der Waals surface area contributed by atoms with Crippen LogP contribution in [0.3, 0.4) is 0 Å². The van der Waals surface area contributed by atoms with E-state index in [1.165, 1.54) is 54.6 Å². The number of ketones is 1. The van der Waals surface area contributed by atoms with E-state index >= 15 is 0 Å². The van der Waals surface area contributed by atoms with Crippen LogP contribution in [0.1, 0.15) is 28.9 Å². The number of hydrogen-bond donors (Lipinski definition) is 0. The van der Waals surface area contributed by atoms with E-state index in [2.05, 4.69) is 15.9 Å². The quantitative estimate of drug-likeness (QED) is 0.211. The fourth-order valence-corrected chi connectivity index (χ4v) is 3.80. The summed E-state index contributed by atoms with van der Waals surface area (Å²) in [7, 11) is 7.41. The van der Waals surface area contributed by atoms with Crippen molar-refractivity contribution in [3.05, 3.63) is 41.5 Å². The van der Waals surface area contributed by atoms with Crippen molar-refractivity contribution in [2.45, 2.75) is 17.9 Å². The predicted molar refractivity (Wildman–Crippen MR) is 117 cm³/mol. The summed E-state index contributed by atoms with van der Waals surface area (Å²) in [6, 6.07) is 8.22. The third-order valence-corrected chi connectivity index (χ3v) is 5.40. The molecular formula is C22H25BrO8. The van der Waals surface area contributed by atoms with E-state index in [4.69, 9.17) is 28.4 Å². The number of esters is 1. The van der Waals surface area contributed by atoms with Crippen LogP contribution in [0.5, 0.6) is 28.7 Å². The zero-order chi connectivity index (χ0) is 23.1. The molecule has 0 radical (unpaired) electrons. The smallest absolute Gasteiger partial charge is 0.308 e. The van der Waals surface area contributed by atoms with E-state index < -0.39 is 22.7 Å². The van der Waals surface area contributed by atoms with E-state index in [1.807, 2.05) is 0 Å². The first-order valence-electron chi connectivity index (χ1n) is 9.18. The van der Waals surface area contributed by atoms with E-state index in [9.17, 15) is 9.59 Å². The molecule has 0 bridgehead atoms. The summed E-state index contributed by atoms with van der Waals surface area (Å²) in [4.78, 5) is 24.3. The average molecular weight is 497 g/mol. The molecule has 0 amide bonds. The molecule has 2 aromatic rings. The Morgan fingerprint density at radius 3 is 1.94 bits per heavy atom. The maximum atomic E-state index is 13.5. The molecule has 2 atom stereocenters. The van der Waals surface area contributed by atoms with Gasteiger partial charge in [-0.05, 0) is 17.7 Å². The van der Waals surface area contributed by atoms with Gasteiger partial charge in [-0.1, -0.05) is 22.0 Å². The van der Waals surface area contributed by atoms with E-state index in [0.29, 0.717) is 22.8 Å². The summed E-state index contributed by atoms with van der Waals surface area (Å²) in [6.45, 7) is 1.24. The lowest BCUT2D eigenvalue weighted by molar-refractivity contribution is -0.131. The summed E-state index contributed by atoms with van der Waals surface area (Å²) < 4.78 is 32.1. The molecular weight excluding hydrogens is 472 g/mol. The zero-order valence-electron chi connectivity index (χ0n) is 18.2. The third-order valence-electron chi connectivity index (χ3n) is 4.50. The van der Waals surface area contributed by atoms with Gasteiger partial charge in [0.2, 0.25) is 0 Å². The van der Waals surface area contributed by atoms with Crippen molar-refractivity contribution < 1.29 is 38.0 Å². The molecule has 0 aliphatic carbocycles. The molecule has 0 aromatic heterocycles. The van der Waals surface area contributed by atoms with Gasteiger partial charge in [-0.2, -0.15) is 0 Å². The highest BCUT2D eigenvalue weighted by atomic mass is 79.9. The fraction of sp³-hybridized carbons (Fsp3) is 0.364. The van der Waals surface area contributed by atoms with Crippen molar-refractivity contribution in [2.24, 2.45) is 0 Å². The Kier molecular flexibility index (Phi) is 8.70. The van der Waals surface area contributed by atoms with Crippen molar-refractivity contribution >= 4 is 27.7 Å². The normalized spacial score (nSPS) is 12.5. The molecule has 0 saturated heterocycles. The number of benzene rings is 2. The van der Waals surface area contributed by atoms with Gasteiger partial charge in [0, 0.05) is 26.2 Å². The molecule has 2 aromatic carbocycles. The fourth-order valence-electron chi connectivity index (χ4n) is 3.05. The first-order valence-corrected chi connectivity index (χ1v) is 10.1. The van der Waals surface area contributed by atoms with Gasteiger partial charge in [0.15, 0.2) is 17.3 Å². The molecule has 2 rings (SSSR count). The Hall–Kier alpha value is -2.78. The molecule has 0 aliphatic heterocycles. The summed E-state index contributed by atoms with van der Waals surface area (Å²) >= 11 is 3.45. The second-order valence-corrected chi connectivity index (χ2v) is 7.32. The van der Waals surface area contributed by atoms with Crippen LogP contribution in [0.2, 0.25) is 0 Å². The second kappa shape index (κ2) is 11.0. The maximum absolute atomic E-state index is 13.5. The van der Waals surface area contributed by atoms with Gasteiger partial charge < -0.3 is 28.4 Å². The number of Topliss-reactive ketones (excluding diaryl/α,β-unsaturated/α-hetero) is 1. The van der Waals surface area contributed by atoms with Crippen LogP contribution in [-0.2, 0) is 9.53 Å². The lowest BCUT2D eigenvalue weighted by atomic mass is 9.98. The Morgan fingerprint density at radius 1 is 0.806 bits per heavy atom. The van der Waals surface area contributed by atoms with Crippen LogP contribution in [0, 0.1) is 0 Å². The predicted octanol–water partition coefficient (Wildman–Crippen LogP) is 3.98. The minimum absolute atomic E-state index is 0.0281. The summed E-state index contributed by atoms with van der Waals surface area (Å²) in [5, 5.41) is 0. The lowest BCUT2D eigenvalue weighted by Crippen LogP contribution is -2.25. The topological polar surface area (TPSA) is 89.5 Å². The van der Waals surface area contributed by atoms with E-state index in [0.717, 1.165) is 0 Å². The average Bonchev–Trinajstić information content (AvgIpc) is 2.77. The highest BCUT2D eigenvalue weighted by Crippen LogP contribution is 2.40. The molecule has 0 spiro atoms. The van der Waals surface area contributed by atoms with E-state index in [-0.39, 0.29) is 17.1 Å². The van der Waals surface area contributed by atoms with Gasteiger partial charge in [0.25, 0.3) is 0 Å². The molecule has 9 heteroatoms. The van der Waals surface area contributed by atoms with Crippen LogP contribution >= 0.6 is 15.9 Å². The number of alkyl halides is 1. The van der Waals surface area contributed by atoms with Crippen molar-refractivity contribution in [1.82, 2.24) is 0 Å². The third kappa shape index (κ3) is 5.48. The highest BCUT2D eigenvalue weighted by Gasteiger charge is 2.33. The minimum Gasteiger partial charge on any atom is -0.496 e. The molecule has 168 valence electrons. The van der Waals surface area contributed by atoms with Gasteiger partial charge in [-0.3, -0.25) is 9.59 Å². The van der Waals surface area contributed by atoms with Crippen LogP contribution in [-0.4, -0.2) is 52.1 Å². The molecule has 31 heavy (non-hydrogen) atoms. The van der Waals surface area contributed by atoms with Crippen LogP contribution < -0.4 is 23.7 Å². The van der Waals surface area contributed by atoms with Gasteiger partial charge in [-0.25, -0.2) is 0 Å². The van der Waals surface area contributed by atoms with Gasteiger partial charge in [0.05, 0.1) is 28.4 Å². The van der Waals surface area contributed by atoms with Crippen LogP contribution in [0.25, 0.3) is 0 Å². The number of carbonyl (C=O) groups excluding carboxylic acids is 2. The number of rotatable bonds is 10. The maximum Gasteiger partial charge on any atom is 0.308 e. The Balaban J connectivity index is 2.52. The van der Waals surface area contributed by atoms with E-state index in [1.54, 1.807) is 18.2 Å². The monoisotopic (exact) mass is 496 g/mol. The molecule has 0 fully saturated rings. The van der Waals surface area contributed by atoms with Gasteiger partial charge in [0.1, 0.15) is 33.7 Å². The number of halogens is 1. The summed E-state index contributed by atoms with van der Waals surface area (Å²) in [5.74, 6) is 0.659. The van der Waals surface area contributed by atoms with Crippen LogP contribution in [0.15, 0.2) is 30.3 Å². The number of methoxy groups -OCH3 is 5. The van der Waals surface area contributed by atoms with Crippen molar-refractivity contribution in [3.8, 4) is 28.7 Å². The lowest BCUT2D eigenvalue weighted by Gasteiger charge is -2.23. The Labute approximate surface area is 189 Å². The van der Waals surface area contributed by atoms with Gasteiger partial charge >= 0.3 is 5.97 Å². The molecule has 0 saturated carbocycles. The summed E-state index contributed by atoms with van der Waals surface area (Å²) in [5.41, 5.74) is 0.764. The minimum atomic E-state index is -0.841. The summed E-state index contributed by atoms with van der Waals surface area (Å²) in [6.07, 6.45) is -0.690. The van der Waals surface area contributed by atoms with Crippen LogP contribution in [0.4, 0.5) is 0 Å². The number of carbonyl (C=O) groups is 2. The Bertz CT molecular complexity index is 943.